The molecule has 5 rings (SSSR count). The number of hydrogen-bond donors (Lipinski definition) is 1. The fourth-order valence-corrected chi connectivity index (χ4v) is 5.48. The largest absolute Gasteiger partial charge is 0.497 e. The number of benzene rings is 2. The van der Waals surface area contributed by atoms with Gasteiger partial charge in [0.05, 0.1) is 13.7 Å². The third-order valence-electron chi connectivity index (χ3n) is 6.84. The summed E-state index contributed by atoms with van der Waals surface area (Å²) in [5.74, 6) is 0.555. The molecule has 2 aromatic carbocycles. The highest BCUT2D eigenvalue weighted by Crippen LogP contribution is 2.29. The van der Waals surface area contributed by atoms with Crippen LogP contribution in [0.5, 0.6) is 5.75 Å². The van der Waals surface area contributed by atoms with Crippen molar-refractivity contribution >= 4 is 11.8 Å². The van der Waals surface area contributed by atoms with Gasteiger partial charge in [-0.2, -0.15) is 5.10 Å². The minimum Gasteiger partial charge on any atom is -0.497 e. The number of aliphatic hydroxyl groups is 1. The maximum absolute atomic E-state index is 14.7. The number of halogens is 2. The molecule has 0 bridgehead atoms. The standard InChI is InChI=1S/C27H31F2N7O3S/c1-38-22-5-2-4-20(14-22)25-32-33-26(39-25)40-13-3-8-34-9-11-35(12-10-34)16-27(37,17-36-19-30-18-31-36)23-7-6-21(28)15-24(23)29/h2,4-7,14-15,18-19,37H,3,8-13,16-17H2,1H3. The predicted octanol–water partition coefficient (Wildman–Crippen LogP) is 3.30. The van der Waals surface area contributed by atoms with Gasteiger partial charge in [0.15, 0.2) is 0 Å². The van der Waals surface area contributed by atoms with Crippen molar-refractivity contribution in [3.8, 4) is 17.2 Å². The number of β-amino-alcohol motifs (C(OH)–C–C–N with tert-alkyl or cyclic N) is 1. The monoisotopic (exact) mass is 571 g/mol. The second-order valence-corrected chi connectivity index (χ2v) is 10.7. The fourth-order valence-electron chi connectivity index (χ4n) is 4.80. The quantitative estimate of drug-likeness (QED) is 0.201. The van der Waals surface area contributed by atoms with E-state index in [0.29, 0.717) is 24.2 Å². The molecule has 13 heteroatoms. The average molecular weight is 572 g/mol. The summed E-state index contributed by atoms with van der Waals surface area (Å²) in [5.41, 5.74) is -0.746. The van der Waals surface area contributed by atoms with Crippen molar-refractivity contribution < 1.29 is 23.0 Å². The van der Waals surface area contributed by atoms with E-state index >= 15 is 0 Å². The summed E-state index contributed by atoms with van der Waals surface area (Å²) in [6, 6.07) is 10.8. The molecule has 40 heavy (non-hydrogen) atoms. The van der Waals surface area contributed by atoms with E-state index in [-0.39, 0.29) is 18.7 Å². The van der Waals surface area contributed by atoms with Gasteiger partial charge in [0.2, 0.25) is 5.89 Å². The van der Waals surface area contributed by atoms with E-state index in [1.807, 2.05) is 24.3 Å². The van der Waals surface area contributed by atoms with Crippen molar-refractivity contribution in [2.24, 2.45) is 0 Å². The van der Waals surface area contributed by atoms with Gasteiger partial charge in [-0.15, -0.1) is 10.2 Å². The molecule has 0 radical (unpaired) electrons. The number of thioether (sulfide) groups is 1. The fraction of sp³-hybridized carbons (Fsp3) is 0.407. The van der Waals surface area contributed by atoms with Gasteiger partial charge in [-0.25, -0.2) is 18.4 Å². The molecule has 212 valence electrons. The minimum atomic E-state index is -1.60. The van der Waals surface area contributed by atoms with Crippen LogP contribution in [0.25, 0.3) is 11.5 Å². The first-order chi connectivity index (χ1) is 19.4. The maximum Gasteiger partial charge on any atom is 0.276 e. The van der Waals surface area contributed by atoms with E-state index in [1.54, 1.807) is 7.11 Å². The normalized spacial score (nSPS) is 16.2. The highest BCUT2D eigenvalue weighted by Gasteiger charge is 2.36. The molecule has 1 aliphatic rings. The average Bonchev–Trinajstić information content (AvgIpc) is 3.64. The first-order valence-corrected chi connectivity index (χ1v) is 14.0. The molecule has 1 unspecified atom stereocenters. The van der Waals surface area contributed by atoms with Gasteiger partial charge in [0, 0.05) is 55.7 Å². The first kappa shape index (κ1) is 28.1. The molecular formula is C27H31F2N7O3S. The van der Waals surface area contributed by atoms with Gasteiger partial charge in [0.25, 0.3) is 5.22 Å². The van der Waals surface area contributed by atoms with Crippen LogP contribution < -0.4 is 4.74 Å². The molecule has 10 nitrogen and oxygen atoms in total. The summed E-state index contributed by atoms with van der Waals surface area (Å²) in [6.07, 6.45) is 3.77. The highest BCUT2D eigenvalue weighted by molar-refractivity contribution is 7.99. The highest BCUT2D eigenvalue weighted by atomic mass is 32.2. The third kappa shape index (κ3) is 7.02. The van der Waals surface area contributed by atoms with Crippen molar-refractivity contribution in [3.63, 3.8) is 0 Å². The van der Waals surface area contributed by atoms with Crippen LogP contribution in [-0.4, -0.2) is 92.0 Å². The number of methoxy groups -OCH3 is 1. The van der Waals surface area contributed by atoms with Crippen LogP contribution >= 0.6 is 11.8 Å². The van der Waals surface area contributed by atoms with Crippen LogP contribution in [0, 0.1) is 11.6 Å². The Balaban J connectivity index is 1.09. The van der Waals surface area contributed by atoms with Crippen LogP contribution in [0.1, 0.15) is 12.0 Å². The Morgan fingerprint density at radius 2 is 1.88 bits per heavy atom. The molecule has 2 aromatic heterocycles. The SMILES string of the molecule is COc1cccc(-c2nnc(SCCCN3CCN(CC(O)(Cn4cncn4)c4ccc(F)cc4F)CC3)o2)c1. The molecule has 0 spiro atoms. The predicted molar refractivity (Wildman–Crippen MR) is 145 cm³/mol. The van der Waals surface area contributed by atoms with E-state index in [1.165, 1.54) is 35.2 Å². The Morgan fingerprint density at radius 3 is 2.62 bits per heavy atom. The lowest BCUT2D eigenvalue weighted by atomic mass is 9.92. The number of ether oxygens (including phenoxy) is 1. The lowest BCUT2D eigenvalue weighted by molar-refractivity contribution is -0.0317. The summed E-state index contributed by atoms with van der Waals surface area (Å²) in [6.45, 7) is 4.15. The zero-order valence-electron chi connectivity index (χ0n) is 22.1. The zero-order valence-corrected chi connectivity index (χ0v) is 22.9. The molecule has 1 atom stereocenters. The Hall–Kier alpha value is -3.39. The second-order valence-electron chi connectivity index (χ2n) is 9.67. The van der Waals surface area contributed by atoms with Crippen molar-refractivity contribution in [1.82, 2.24) is 34.8 Å². The lowest BCUT2D eigenvalue weighted by Crippen LogP contribution is -2.52. The Morgan fingerprint density at radius 1 is 1.05 bits per heavy atom. The number of nitrogens with zero attached hydrogens (tertiary/aromatic N) is 7. The van der Waals surface area contributed by atoms with E-state index in [4.69, 9.17) is 9.15 Å². The molecule has 1 N–H and O–H groups in total. The van der Waals surface area contributed by atoms with Gasteiger partial charge < -0.3 is 19.2 Å². The van der Waals surface area contributed by atoms with Gasteiger partial charge in [-0.1, -0.05) is 23.9 Å². The van der Waals surface area contributed by atoms with Crippen molar-refractivity contribution in [3.05, 3.63) is 72.3 Å². The topological polar surface area (TPSA) is 106 Å². The minimum absolute atomic E-state index is 0.00218. The smallest absolute Gasteiger partial charge is 0.276 e. The molecular weight excluding hydrogens is 540 g/mol. The number of piperazine rings is 1. The molecule has 1 aliphatic heterocycles. The molecule has 0 amide bonds. The van der Waals surface area contributed by atoms with E-state index in [0.717, 1.165) is 55.3 Å². The van der Waals surface area contributed by atoms with Crippen LogP contribution in [0.15, 0.2) is 64.8 Å². The summed E-state index contributed by atoms with van der Waals surface area (Å²) in [5, 5.41) is 24.5. The van der Waals surface area contributed by atoms with Gasteiger partial charge in [0.1, 0.15) is 35.6 Å². The van der Waals surface area contributed by atoms with Crippen LogP contribution in [0.2, 0.25) is 0 Å². The summed E-state index contributed by atoms with van der Waals surface area (Å²) >= 11 is 1.53. The van der Waals surface area contributed by atoms with Crippen LogP contribution in [0.4, 0.5) is 8.78 Å². The zero-order chi connectivity index (χ0) is 28.0. The summed E-state index contributed by atoms with van der Waals surface area (Å²) in [4.78, 5) is 8.38. The van der Waals surface area contributed by atoms with Crippen molar-refractivity contribution in [2.45, 2.75) is 23.8 Å². The van der Waals surface area contributed by atoms with E-state index in [2.05, 4.69) is 30.1 Å². The summed E-state index contributed by atoms with van der Waals surface area (Å²) < 4.78 is 40.8. The van der Waals surface area contributed by atoms with Crippen LogP contribution in [-0.2, 0) is 12.1 Å². The van der Waals surface area contributed by atoms with Crippen LogP contribution in [0.3, 0.4) is 0 Å². The molecule has 0 saturated carbocycles. The molecule has 0 aliphatic carbocycles. The Bertz CT molecular complexity index is 1380. The lowest BCUT2D eigenvalue weighted by Gasteiger charge is -2.39. The molecule has 3 heterocycles. The molecule has 1 fully saturated rings. The number of rotatable bonds is 12. The third-order valence-corrected chi connectivity index (χ3v) is 7.74. The second kappa shape index (κ2) is 12.9. The van der Waals surface area contributed by atoms with E-state index in [9.17, 15) is 13.9 Å². The summed E-state index contributed by atoms with van der Waals surface area (Å²) in [7, 11) is 1.61. The molecule has 4 aromatic rings. The van der Waals surface area contributed by atoms with Gasteiger partial charge in [-0.3, -0.25) is 4.90 Å². The Kier molecular flexibility index (Phi) is 9.04. The van der Waals surface area contributed by atoms with Crippen molar-refractivity contribution in [1.29, 1.82) is 0 Å². The Labute approximate surface area is 235 Å². The first-order valence-electron chi connectivity index (χ1n) is 13.0. The number of aromatic nitrogens is 5. The maximum atomic E-state index is 14.7. The van der Waals surface area contributed by atoms with Crippen molar-refractivity contribution in [2.75, 3.05) is 52.1 Å². The van der Waals surface area contributed by atoms with E-state index < -0.39 is 17.2 Å². The number of hydrogen-bond acceptors (Lipinski definition) is 10. The van der Waals surface area contributed by atoms with Gasteiger partial charge in [-0.05, 0) is 37.2 Å². The van der Waals surface area contributed by atoms with Gasteiger partial charge >= 0.3 is 0 Å². The molecule has 1 saturated heterocycles.